The Bertz CT molecular complexity index is 607. The summed E-state index contributed by atoms with van der Waals surface area (Å²) in [6, 6.07) is 14.0. The van der Waals surface area contributed by atoms with Crippen LogP contribution in [0.25, 0.3) is 10.8 Å². The van der Waals surface area contributed by atoms with Gasteiger partial charge in [-0.1, -0.05) is 18.2 Å². The molecule has 0 spiro atoms. The Morgan fingerprint density at radius 3 is 2.76 bits per heavy atom. The summed E-state index contributed by atoms with van der Waals surface area (Å²) in [5.41, 5.74) is 1.36. The highest BCUT2D eigenvalue weighted by Crippen LogP contribution is 2.25. The monoisotopic (exact) mass is 301 g/mol. The fourth-order valence-electron chi connectivity index (χ4n) is 2.96. The van der Waals surface area contributed by atoms with Crippen LogP contribution >= 0.6 is 11.8 Å². The van der Waals surface area contributed by atoms with E-state index in [9.17, 15) is 0 Å². The predicted octanol–water partition coefficient (Wildman–Crippen LogP) is 4.39. The third-order valence-electron chi connectivity index (χ3n) is 4.22. The molecule has 0 amide bonds. The SMILES string of the molecule is COc1ccc2cc(C(C)NC3CCCSC3)ccc2c1. The second kappa shape index (κ2) is 6.71. The van der Waals surface area contributed by atoms with Crippen molar-refractivity contribution in [2.45, 2.75) is 31.8 Å². The molecule has 0 saturated carbocycles. The lowest BCUT2D eigenvalue weighted by atomic mass is 10.0. The van der Waals surface area contributed by atoms with Gasteiger partial charge in [0, 0.05) is 17.8 Å². The normalized spacial score (nSPS) is 20.4. The van der Waals surface area contributed by atoms with E-state index >= 15 is 0 Å². The van der Waals surface area contributed by atoms with E-state index < -0.39 is 0 Å². The Morgan fingerprint density at radius 2 is 2.00 bits per heavy atom. The largest absolute Gasteiger partial charge is 0.497 e. The first kappa shape index (κ1) is 14.7. The van der Waals surface area contributed by atoms with E-state index in [-0.39, 0.29) is 0 Å². The molecule has 0 aromatic heterocycles. The molecule has 1 aliphatic rings. The lowest BCUT2D eigenvalue weighted by molar-refractivity contribution is 0.415. The van der Waals surface area contributed by atoms with Gasteiger partial charge in [-0.3, -0.25) is 0 Å². The summed E-state index contributed by atoms with van der Waals surface area (Å²) in [7, 11) is 1.71. The van der Waals surface area contributed by atoms with Gasteiger partial charge in [-0.2, -0.15) is 11.8 Å². The second-order valence-electron chi connectivity index (χ2n) is 5.77. The Labute approximate surface area is 131 Å². The van der Waals surface area contributed by atoms with Gasteiger partial charge in [0.2, 0.25) is 0 Å². The van der Waals surface area contributed by atoms with E-state index in [4.69, 9.17) is 4.74 Å². The minimum atomic E-state index is 0.403. The van der Waals surface area contributed by atoms with E-state index in [0.29, 0.717) is 12.1 Å². The zero-order chi connectivity index (χ0) is 14.7. The van der Waals surface area contributed by atoms with Gasteiger partial charge in [-0.25, -0.2) is 0 Å². The first-order valence-corrected chi connectivity index (χ1v) is 8.83. The maximum absolute atomic E-state index is 5.29. The summed E-state index contributed by atoms with van der Waals surface area (Å²) >= 11 is 2.07. The first-order valence-electron chi connectivity index (χ1n) is 7.68. The van der Waals surface area contributed by atoms with Crippen LogP contribution in [-0.4, -0.2) is 24.7 Å². The summed E-state index contributed by atoms with van der Waals surface area (Å²) in [5.74, 6) is 3.49. The summed E-state index contributed by atoms with van der Waals surface area (Å²) < 4.78 is 5.29. The summed E-state index contributed by atoms with van der Waals surface area (Å²) in [6.45, 7) is 2.27. The van der Waals surface area contributed by atoms with E-state index in [1.807, 2.05) is 6.07 Å². The molecular formula is C18H23NOS. The molecule has 2 nitrogen and oxygen atoms in total. The molecule has 1 fully saturated rings. The Balaban J connectivity index is 1.76. The lowest BCUT2D eigenvalue weighted by Gasteiger charge is -2.26. The van der Waals surface area contributed by atoms with Gasteiger partial charge >= 0.3 is 0 Å². The average Bonchev–Trinajstić information content (AvgIpc) is 2.54. The van der Waals surface area contributed by atoms with E-state index in [2.05, 4.69) is 54.3 Å². The third kappa shape index (κ3) is 3.53. The van der Waals surface area contributed by atoms with Gasteiger partial charge < -0.3 is 10.1 Å². The van der Waals surface area contributed by atoms with Crippen LogP contribution in [0, 0.1) is 0 Å². The average molecular weight is 301 g/mol. The van der Waals surface area contributed by atoms with E-state index in [1.54, 1.807) is 7.11 Å². The number of hydrogen-bond acceptors (Lipinski definition) is 3. The van der Waals surface area contributed by atoms with Crippen LogP contribution in [0.3, 0.4) is 0 Å². The number of thioether (sulfide) groups is 1. The quantitative estimate of drug-likeness (QED) is 0.904. The molecule has 0 bridgehead atoms. The molecule has 1 heterocycles. The third-order valence-corrected chi connectivity index (χ3v) is 5.43. The molecular weight excluding hydrogens is 278 g/mol. The minimum absolute atomic E-state index is 0.403. The van der Waals surface area contributed by atoms with Gasteiger partial charge in [-0.05, 0) is 60.1 Å². The van der Waals surface area contributed by atoms with Gasteiger partial charge in [0.05, 0.1) is 7.11 Å². The van der Waals surface area contributed by atoms with Crippen LogP contribution in [0.1, 0.15) is 31.4 Å². The lowest BCUT2D eigenvalue weighted by Crippen LogP contribution is -2.35. The Kier molecular flexibility index (Phi) is 4.71. The molecule has 2 unspecified atom stereocenters. The van der Waals surface area contributed by atoms with Gasteiger partial charge in [-0.15, -0.1) is 0 Å². The number of rotatable bonds is 4. The van der Waals surface area contributed by atoms with Crippen LogP contribution in [0.2, 0.25) is 0 Å². The van der Waals surface area contributed by atoms with Gasteiger partial charge in [0.25, 0.3) is 0 Å². The molecule has 0 radical (unpaired) electrons. The zero-order valence-electron chi connectivity index (χ0n) is 12.8. The van der Waals surface area contributed by atoms with Gasteiger partial charge in [0.1, 0.15) is 5.75 Å². The molecule has 1 N–H and O–H groups in total. The highest BCUT2D eigenvalue weighted by molar-refractivity contribution is 7.99. The van der Waals surface area contributed by atoms with Crippen molar-refractivity contribution in [3.05, 3.63) is 42.0 Å². The van der Waals surface area contributed by atoms with Crippen molar-refractivity contribution in [2.24, 2.45) is 0 Å². The van der Waals surface area contributed by atoms with E-state index in [1.165, 1.54) is 40.7 Å². The van der Waals surface area contributed by atoms with Crippen molar-refractivity contribution in [3.63, 3.8) is 0 Å². The number of benzene rings is 2. The molecule has 21 heavy (non-hydrogen) atoms. The number of ether oxygens (including phenoxy) is 1. The van der Waals surface area contributed by atoms with Crippen molar-refractivity contribution in [1.29, 1.82) is 0 Å². The zero-order valence-corrected chi connectivity index (χ0v) is 13.6. The molecule has 3 rings (SSSR count). The molecule has 2 atom stereocenters. The maximum atomic E-state index is 5.29. The van der Waals surface area contributed by atoms with Crippen molar-refractivity contribution in [1.82, 2.24) is 5.32 Å². The van der Waals surface area contributed by atoms with Crippen molar-refractivity contribution < 1.29 is 4.74 Å². The molecule has 1 aliphatic heterocycles. The van der Waals surface area contributed by atoms with Crippen molar-refractivity contribution in [2.75, 3.05) is 18.6 Å². The van der Waals surface area contributed by atoms with Crippen LogP contribution in [0.5, 0.6) is 5.75 Å². The summed E-state index contributed by atoms with van der Waals surface area (Å²) in [5, 5.41) is 6.29. The van der Waals surface area contributed by atoms with E-state index in [0.717, 1.165) is 5.75 Å². The smallest absolute Gasteiger partial charge is 0.119 e. The van der Waals surface area contributed by atoms with Gasteiger partial charge in [0.15, 0.2) is 0 Å². The molecule has 2 aromatic rings. The summed E-state index contributed by atoms with van der Waals surface area (Å²) in [6.07, 6.45) is 2.65. The summed E-state index contributed by atoms with van der Waals surface area (Å²) in [4.78, 5) is 0. The predicted molar refractivity (Wildman–Crippen MR) is 92.4 cm³/mol. The fourth-order valence-corrected chi connectivity index (χ4v) is 4.05. The van der Waals surface area contributed by atoms with Crippen LogP contribution in [0.15, 0.2) is 36.4 Å². The highest BCUT2D eigenvalue weighted by Gasteiger charge is 2.16. The molecule has 1 saturated heterocycles. The standard InChI is InChI=1S/C18H23NOS/c1-13(19-17-4-3-9-21-12-17)14-5-6-16-11-18(20-2)8-7-15(16)10-14/h5-8,10-11,13,17,19H,3-4,9,12H2,1-2H3. The number of fused-ring (bicyclic) bond motifs is 1. The topological polar surface area (TPSA) is 21.3 Å². The molecule has 112 valence electrons. The van der Waals surface area contributed by atoms with Crippen molar-refractivity contribution >= 4 is 22.5 Å². The van der Waals surface area contributed by atoms with Crippen molar-refractivity contribution in [3.8, 4) is 5.75 Å². The van der Waals surface area contributed by atoms with Crippen LogP contribution in [-0.2, 0) is 0 Å². The Morgan fingerprint density at radius 1 is 1.19 bits per heavy atom. The second-order valence-corrected chi connectivity index (χ2v) is 6.92. The number of nitrogens with one attached hydrogen (secondary N) is 1. The van der Waals surface area contributed by atoms with Crippen LogP contribution < -0.4 is 10.1 Å². The first-order chi connectivity index (χ1) is 10.3. The number of hydrogen-bond donors (Lipinski definition) is 1. The minimum Gasteiger partial charge on any atom is -0.497 e. The maximum Gasteiger partial charge on any atom is 0.119 e. The molecule has 2 aromatic carbocycles. The highest BCUT2D eigenvalue weighted by atomic mass is 32.2. The van der Waals surface area contributed by atoms with Crippen LogP contribution in [0.4, 0.5) is 0 Å². The fraction of sp³-hybridized carbons (Fsp3) is 0.444. The molecule has 0 aliphatic carbocycles. The Hall–Kier alpha value is -1.19. The number of methoxy groups -OCH3 is 1. The molecule has 3 heteroatoms.